The lowest BCUT2D eigenvalue weighted by atomic mass is 10.2. The van der Waals surface area contributed by atoms with Gasteiger partial charge in [0.2, 0.25) is 0 Å². The summed E-state index contributed by atoms with van der Waals surface area (Å²) in [5.41, 5.74) is 3.08. The number of aliphatic hydroxyl groups is 1. The van der Waals surface area contributed by atoms with Crippen LogP contribution in [0.5, 0.6) is 5.75 Å². The molecule has 22 heavy (non-hydrogen) atoms. The highest BCUT2D eigenvalue weighted by Crippen LogP contribution is 2.18. The lowest BCUT2D eigenvalue weighted by molar-refractivity contribution is 0.196. The summed E-state index contributed by atoms with van der Waals surface area (Å²) in [6, 6.07) is 8.06. The van der Waals surface area contributed by atoms with Gasteiger partial charge >= 0.3 is 0 Å². The number of nitrogens with zero attached hydrogens (tertiary/aromatic N) is 2. The standard InChI is InChI=1S/C17H24N2O3/c1-4-19(9-10-20)11-15-5-7-16(8-6-15)21-12-17-13(2)18-22-14(17)3/h5-8,20H,4,9-12H2,1-3H3. The SMILES string of the molecule is CCN(CCO)Cc1ccc(OCc2c(C)noc2C)cc1. The summed E-state index contributed by atoms with van der Waals surface area (Å²) in [5, 5.41) is 12.9. The molecule has 1 aromatic carbocycles. The highest BCUT2D eigenvalue weighted by atomic mass is 16.5. The van der Waals surface area contributed by atoms with Gasteiger partial charge < -0.3 is 14.4 Å². The molecule has 1 N–H and O–H groups in total. The fourth-order valence-corrected chi connectivity index (χ4v) is 2.30. The van der Waals surface area contributed by atoms with Crippen LogP contribution in [0.15, 0.2) is 28.8 Å². The fourth-order valence-electron chi connectivity index (χ4n) is 2.30. The van der Waals surface area contributed by atoms with Crippen molar-refractivity contribution in [3.8, 4) is 5.75 Å². The number of benzene rings is 1. The maximum absolute atomic E-state index is 9.02. The van der Waals surface area contributed by atoms with Gasteiger partial charge in [-0.15, -0.1) is 0 Å². The molecule has 0 amide bonds. The molecular formula is C17H24N2O3. The molecule has 0 radical (unpaired) electrons. The van der Waals surface area contributed by atoms with Crippen LogP contribution in [0.3, 0.4) is 0 Å². The van der Waals surface area contributed by atoms with E-state index in [4.69, 9.17) is 14.4 Å². The highest BCUT2D eigenvalue weighted by Gasteiger charge is 2.09. The van der Waals surface area contributed by atoms with E-state index in [9.17, 15) is 0 Å². The first kappa shape index (κ1) is 16.5. The lowest BCUT2D eigenvalue weighted by Gasteiger charge is -2.19. The minimum absolute atomic E-state index is 0.187. The Hall–Kier alpha value is -1.85. The molecule has 0 saturated carbocycles. The molecule has 0 saturated heterocycles. The predicted molar refractivity (Wildman–Crippen MR) is 84.8 cm³/mol. The van der Waals surface area contributed by atoms with Gasteiger partial charge in [-0.1, -0.05) is 24.2 Å². The number of aliphatic hydroxyl groups excluding tert-OH is 1. The monoisotopic (exact) mass is 304 g/mol. The second kappa shape index (κ2) is 7.96. The largest absolute Gasteiger partial charge is 0.489 e. The Bertz CT molecular complexity index is 559. The Kier molecular flexibility index (Phi) is 5.98. The average molecular weight is 304 g/mol. The molecule has 5 nitrogen and oxygen atoms in total. The molecule has 0 fully saturated rings. The molecule has 0 aliphatic carbocycles. The predicted octanol–water partition coefficient (Wildman–Crippen LogP) is 2.68. The maximum atomic E-state index is 9.02. The van der Waals surface area contributed by atoms with Crippen LogP contribution in [0.2, 0.25) is 0 Å². The first-order chi connectivity index (χ1) is 10.6. The van der Waals surface area contributed by atoms with Crippen molar-refractivity contribution in [3.05, 3.63) is 46.8 Å². The zero-order chi connectivity index (χ0) is 15.9. The first-order valence-corrected chi connectivity index (χ1v) is 7.60. The van der Waals surface area contributed by atoms with Crippen LogP contribution in [0, 0.1) is 13.8 Å². The molecule has 0 bridgehead atoms. The summed E-state index contributed by atoms with van der Waals surface area (Å²) in [7, 11) is 0. The molecule has 5 heteroatoms. The van der Waals surface area contributed by atoms with Gasteiger partial charge in [0.15, 0.2) is 0 Å². The third kappa shape index (κ3) is 4.32. The average Bonchev–Trinajstić information content (AvgIpc) is 2.85. The summed E-state index contributed by atoms with van der Waals surface area (Å²) in [6.07, 6.45) is 0. The quantitative estimate of drug-likeness (QED) is 0.812. The van der Waals surface area contributed by atoms with E-state index in [1.807, 2.05) is 26.0 Å². The van der Waals surface area contributed by atoms with Crippen LogP contribution in [-0.2, 0) is 13.2 Å². The maximum Gasteiger partial charge on any atom is 0.140 e. The zero-order valence-electron chi connectivity index (χ0n) is 13.5. The van der Waals surface area contributed by atoms with E-state index in [0.717, 1.165) is 35.9 Å². The van der Waals surface area contributed by atoms with Crippen molar-refractivity contribution in [1.82, 2.24) is 10.1 Å². The number of hydrogen-bond acceptors (Lipinski definition) is 5. The van der Waals surface area contributed by atoms with Crippen LogP contribution < -0.4 is 4.74 Å². The van der Waals surface area contributed by atoms with E-state index in [-0.39, 0.29) is 6.61 Å². The Morgan fingerprint density at radius 1 is 1.23 bits per heavy atom. The van der Waals surface area contributed by atoms with Crippen molar-refractivity contribution in [3.63, 3.8) is 0 Å². The molecule has 0 unspecified atom stereocenters. The van der Waals surface area contributed by atoms with Gasteiger partial charge in [-0.25, -0.2) is 0 Å². The fraction of sp³-hybridized carbons (Fsp3) is 0.471. The molecule has 0 spiro atoms. The molecule has 0 aliphatic heterocycles. The highest BCUT2D eigenvalue weighted by molar-refractivity contribution is 5.28. The summed E-state index contributed by atoms with van der Waals surface area (Å²) < 4.78 is 10.9. The van der Waals surface area contributed by atoms with Crippen LogP contribution in [0.4, 0.5) is 0 Å². The minimum Gasteiger partial charge on any atom is -0.489 e. The molecule has 1 aromatic heterocycles. The summed E-state index contributed by atoms with van der Waals surface area (Å²) in [6.45, 7) is 9.00. The van der Waals surface area contributed by atoms with Crippen LogP contribution in [0.1, 0.15) is 29.5 Å². The summed E-state index contributed by atoms with van der Waals surface area (Å²) in [4.78, 5) is 2.19. The van der Waals surface area contributed by atoms with Crippen molar-refractivity contribution in [1.29, 1.82) is 0 Å². The van der Waals surface area contributed by atoms with E-state index >= 15 is 0 Å². The van der Waals surface area contributed by atoms with E-state index in [1.54, 1.807) is 0 Å². The lowest BCUT2D eigenvalue weighted by Crippen LogP contribution is -2.25. The number of ether oxygens (including phenoxy) is 1. The Balaban J connectivity index is 1.91. The van der Waals surface area contributed by atoms with Crippen molar-refractivity contribution in [2.24, 2.45) is 0 Å². The molecule has 2 aromatic rings. The summed E-state index contributed by atoms with van der Waals surface area (Å²) >= 11 is 0. The van der Waals surface area contributed by atoms with Gasteiger partial charge in [-0.3, -0.25) is 4.90 Å². The normalized spacial score (nSPS) is 11.1. The Morgan fingerprint density at radius 3 is 2.50 bits per heavy atom. The van der Waals surface area contributed by atoms with E-state index in [0.29, 0.717) is 13.2 Å². The zero-order valence-corrected chi connectivity index (χ0v) is 13.5. The van der Waals surface area contributed by atoms with Gasteiger partial charge in [0, 0.05) is 13.1 Å². The van der Waals surface area contributed by atoms with Gasteiger partial charge in [0.25, 0.3) is 0 Å². The van der Waals surface area contributed by atoms with Crippen molar-refractivity contribution in [2.75, 3.05) is 19.7 Å². The topological polar surface area (TPSA) is 58.7 Å². The van der Waals surface area contributed by atoms with Crippen LogP contribution in [0.25, 0.3) is 0 Å². The van der Waals surface area contributed by atoms with Gasteiger partial charge in [-0.2, -0.15) is 0 Å². The molecule has 120 valence electrons. The Morgan fingerprint density at radius 2 is 1.95 bits per heavy atom. The van der Waals surface area contributed by atoms with Crippen molar-refractivity contribution in [2.45, 2.75) is 33.9 Å². The molecule has 0 atom stereocenters. The number of rotatable bonds is 8. The first-order valence-electron chi connectivity index (χ1n) is 7.60. The third-order valence-electron chi connectivity index (χ3n) is 3.76. The summed E-state index contributed by atoms with van der Waals surface area (Å²) in [5.74, 6) is 1.63. The molecule has 1 heterocycles. The van der Waals surface area contributed by atoms with E-state index < -0.39 is 0 Å². The van der Waals surface area contributed by atoms with Crippen LogP contribution >= 0.6 is 0 Å². The number of likely N-dealkylation sites (N-methyl/N-ethyl adjacent to an activating group) is 1. The van der Waals surface area contributed by atoms with Gasteiger partial charge in [-0.05, 0) is 38.1 Å². The van der Waals surface area contributed by atoms with Gasteiger partial charge in [0.05, 0.1) is 17.9 Å². The van der Waals surface area contributed by atoms with Gasteiger partial charge in [0.1, 0.15) is 18.1 Å². The van der Waals surface area contributed by atoms with E-state index in [1.165, 1.54) is 5.56 Å². The third-order valence-corrected chi connectivity index (χ3v) is 3.76. The second-order valence-electron chi connectivity index (χ2n) is 5.33. The number of aromatic nitrogens is 1. The Labute approximate surface area is 131 Å². The number of aryl methyl sites for hydroxylation is 2. The molecule has 2 rings (SSSR count). The van der Waals surface area contributed by atoms with Crippen molar-refractivity contribution < 1.29 is 14.4 Å². The minimum atomic E-state index is 0.187. The smallest absolute Gasteiger partial charge is 0.140 e. The van der Waals surface area contributed by atoms with Crippen LogP contribution in [-0.4, -0.2) is 34.9 Å². The second-order valence-corrected chi connectivity index (χ2v) is 5.33. The molecule has 0 aliphatic rings. The number of hydrogen-bond donors (Lipinski definition) is 1. The molecular weight excluding hydrogens is 280 g/mol. The van der Waals surface area contributed by atoms with Crippen molar-refractivity contribution >= 4 is 0 Å². The van der Waals surface area contributed by atoms with E-state index in [2.05, 4.69) is 29.1 Å².